The molecule has 8 heteroatoms. The third-order valence-corrected chi connectivity index (χ3v) is 4.66. The molecule has 1 atom stereocenters. The third kappa shape index (κ3) is 6.58. The van der Waals surface area contributed by atoms with Crippen molar-refractivity contribution >= 4 is 34.8 Å². The molecule has 164 valence electrons. The first-order valence-corrected chi connectivity index (χ1v) is 9.81. The Kier molecular flexibility index (Phi) is 8.63. The lowest BCUT2D eigenvalue weighted by atomic mass is 10.1. The summed E-state index contributed by atoms with van der Waals surface area (Å²) in [7, 11) is 2.87. The van der Waals surface area contributed by atoms with Gasteiger partial charge in [-0.2, -0.15) is 0 Å². The third-order valence-electron chi connectivity index (χ3n) is 4.27. The molecule has 0 heterocycles. The second kappa shape index (κ2) is 11.2. The summed E-state index contributed by atoms with van der Waals surface area (Å²) < 4.78 is 15.7. The molecule has 0 fully saturated rings. The SMILES string of the molecule is CO/C(C(=O)Oc1cccc(C=NC(C(=O)O)C(C)C)c1)=C(/Cl)c1ccc(OC)cc1. The Morgan fingerprint density at radius 3 is 2.29 bits per heavy atom. The van der Waals surface area contributed by atoms with Gasteiger partial charge in [0.2, 0.25) is 5.76 Å². The Morgan fingerprint density at radius 1 is 1.06 bits per heavy atom. The van der Waals surface area contributed by atoms with Crippen LogP contribution in [0.3, 0.4) is 0 Å². The van der Waals surface area contributed by atoms with Crippen LogP contribution >= 0.6 is 11.6 Å². The van der Waals surface area contributed by atoms with Crippen LogP contribution in [0.1, 0.15) is 25.0 Å². The number of carboxylic acid groups (broad SMARTS) is 1. The smallest absolute Gasteiger partial charge is 0.380 e. The van der Waals surface area contributed by atoms with Crippen LogP contribution in [0.5, 0.6) is 11.5 Å². The number of rotatable bonds is 9. The van der Waals surface area contributed by atoms with E-state index in [0.29, 0.717) is 16.9 Å². The minimum absolute atomic E-state index is 0.0918. The zero-order valence-corrected chi connectivity index (χ0v) is 18.4. The second-order valence-corrected chi connectivity index (χ2v) is 7.22. The normalized spacial score (nSPS) is 13.0. The number of halogens is 1. The highest BCUT2D eigenvalue weighted by Crippen LogP contribution is 2.27. The molecule has 0 radical (unpaired) electrons. The summed E-state index contributed by atoms with van der Waals surface area (Å²) in [4.78, 5) is 28.0. The quantitative estimate of drug-likeness (QED) is 0.202. The molecule has 0 aromatic heterocycles. The second-order valence-electron chi connectivity index (χ2n) is 6.84. The number of aliphatic imine (C=N–C) groups is 1. The molecule has 0 saturated carbocycles. The Morgan fingerprint density at radius 2 is 1.74 bits per heavy atom. The summed E-state index contributed by atoms with van der Waals surface area (Å²) >= 11 is 6.34. The van der Waals surface area contributed by atoms with Crippen LogP contribution in [0.4, 0.5) is 0 Å². The summed E-state index contributed by atoms with van der Waals surface area (Å²) in [5.74, 6) is -1.21. The van der Waals surface area contributed by atoms with Gasteiger partial charge in [-0.05, 0) is 53.4 Å². The molecule has 0 aliphatic rings. The van der Waals surface area contributed by atoms with Crippen molar-refractivity contribution in [1.29, 1.82) is 0 Å². The van der Waals surface area contributed by atoms with Crippen molar-refractivity contribution in [3.63, 3.8) is 0 Å². The van der Waals surface area contributed by atoms with E-state index in [9.17, 15) is 14.7 Å². The van der Waals surface area contributed by atoms with E-state index in [1.165, 1.54) is 13.3 Å². The summed E-state index contributed by atoms with van der Waals surface area (Å²) in [5, 5.41) is 9.33. The number of esters is 1. The molecule has 2 rings (SSSR count). The lowest BCUT2D eigenvalue weighted by Crippen LogP contribution is -2.24. The molecule has 0 saturated heterocycles. The lowest BCUT2D eigenvalue weighted by Gasteiger charge is -2.11. The van der Waals surface area contributed by atoms with Crippen molar-refractivity contribution in [1.82, 2.24) is 0 Å². The fraction of sp³-hybridized carbons (Fsp3) is 0.261. The van der Waals surface area contributed by atoms with Gasteiger partial charge in [0.25, 0.3) is 0 Å². The molecular weight excluding hydrogens is 422 g/mol. The van der Waals surface area contributed by atoms with Gasteiger partial charge in [-0.15, -0.1) is 0 Å². The average Bonchev–Trinajstić information content (AvgIpc) is 2.74. The number of benzene rings is 2. The fourth-order valence-electron chi connectivity index (χ4n) is 2.63. The minimum Gasteiger partial charge on any atom is -0.497 e. The van der Waals surface area contributed by atoms with E-state index in [2.05, 4.69) is 4.99 Å². The van der Waals surface area contributed by atoms with Gasteiger partial charge in [-0.25, -0.2) is 9.59 Å². The molecule has 0 bridgehead atoms. The van der Waals surface area contributed by atoms with E-state index in [4.69, 9.17) is 25.8 Å². The predicted octanol–water partition coefficient (Wildman–Crippen LogP) is 4.38. The number of carboxylic acids is 1. The molecule has 0 aliphatic carbocycles. The predicted molar refractivity (Wildman–Crippen MR) is 119 cm³/mol. The summed E-state index contributed by atoms with van der Waals surface area (Å²) in [6, 6.07) is 12.5. The van der Waals surface area contributed by atoms with Gasteiger partial charge >= 0.3 is 11.9 Å². The highest BCUT2D eigenvalue weighted by Gasteiger charge is 2.20. The maximum Gasteiger partial charge on any atom is 0.380 e. The van der Waals surface area contributed by atoms with Crippen molar-refractivity contribution < 1.29 is 28.9 Å². The molecule has 1 unspecified atom stereocenters. The molecule has 0 amide bonds. The van der Waals surface area contributed by atoms with Gasteiger partial charge in [-0.1, -0.05) is 37.6 Å². The minimum atomic E-state index is -1.00. The zero-order chi connectivity index (χ0) is 23.0. The topological polar surface area (TPSA) is 94.4 Å². The summed E-state index contributed by atoms with van der Waals surface area (Å²) in [6.45, 7) is 3.55. The van der Waals surface area contributed by atoms with Gasteiger partial charge in [0.1, 0.15) is 17.5 Å². The number of carbonyl (C=O) groups excluding carboxylic acids is 1. The Balaban J connectivity index is 2.21. The van der Waals surface area contributed by atoms with Crippen molar-refractivity contribution in [2.75, 3.05) is 14.2 Å². The van der Waals surface area contributed by atoms with Crippen LogP contribution in [0.25, 0.3) is 5.03 Å². The fourth-order valence-corrected chi connectivity index (χ4v) is 2.91. The zero-order valence-electron chi connectivity index (χ0n) is 17.7. The highest BCUT2D eigenvalue weighted by molar-refractivity contribution is 6.50. The van der Waals surface area contributed by atoms with Crippen LogP contribution in [0.2, 0.25) is 0 Å². The van der Waals surface area contributed by atoms with E-state index in [-0.39, 0.29) is 22.5 Å². The molecule has 0 spiro atoms. The first-order chi connectivity index (χ1) is 14.8. The molecule has 2 aromatic carbocycles. The van der Waals surface area contributed by atoms with Gasteiger partial charge in [0.05, 0.1) is 19.3 Å². The van der Waals surface area contributed by atoms with Crippen LogP contribution in [-0.2, 0) is 14.3 Å². The monoisotopic (exact) mass is 445 g/mol. The summed E-state index contributed by atoms with van der Waals surface area (Å²) in [5.41, 5.74) is 1.15. The van der Waals surface area contributed by atoms with Gasteiger partial charge in [-0.3, -0.25) is 4.99 Å². The van der Waals surface area contributed by atoms with Crippen molar-refractivity contribution in [2.45, 2.75) is 19.9 Å². The van der Waals surface area contributed by atoms with E-state index >= 15 is 0 Å². The van der Waals surface area contributed by atoms with Crippen molar-refractivity contribution in [3.8, 4) is 11.5 Å². The Hall–Kier alpha value is -3.32. The maximum atomic E-state index is 12.6. The Bertz CT molecular complexity index is 982. The van der Waals surface area contributed by atoms with E-state index < -0.39 is 18.0 Å². The van der Waals surface area contributed by atoms with Crippen LogP contribution in [-0.4, -0.2) is 43.5 Å². The summed E-state index contributed by atoms with van der Waals surface area (Å²) in [6.07, 6.45) is 1.44. The largest absolute Gasteiger partial charge is 0.497 e. The molecule has 2 aromatic rings. The molecular formula is C23H24ClNO6. The van der Waals surface area contributed by atoms with Crippen LogP contribution in [0, 0.1) is 5.92 Å². The molecule has 31 heavy (non-hydrogen) atoms. The van der Waals surface area contributed by atoms with Gasteiger partial charge in [0, 0.05) is 6.21 Å². The average molecular weight is 446 g/mol. The molecule has 1 N–H and O–H groups in total. The molecule has 7 nitrogen and oxygen atoms in total. The van der Waals surface area contributed by atoms with Gasteiger partial charge in [0.15, 0.2) is 0 Å². The van der Waals surface area contributed by atoms with E-state index in [1.54, 1.807) is 69.5 Å². The lowest BCUT2D eigenvalue weighted by molar-refractivity contribution is -0.139. The van der Waals surface area contributed by atoms with Gasteiger partial charge < -0.3 is 19.3 Å². The van der Waals surface area contributed by atoms with Crippen molar-refractivity contribution in [2.24, 2.45) is 10.9 Å². The highest BCUT2D eigenvalue weighted by atomic mass is 35.5. The number of hydrogen-bond donors (Lipinski definition) is 1. The Labute approximate surface area is 185 Å². The van der Waals surface area contributed by atoms with Crippen molar-refractivity contribution in [3.05, 3.63) is 65.4 Å². The van der Waals surface area contributed by atoms with Crippen LogP contribution < -0.4 is 9.47 Å². The van der Waals surface area contributed by atoms with E-state index in [1.807, 2.05) is 0 Å². The number of ether oxygens (including phenoxy) is 3. The number of aliphatic carboxylic acids is 1. The number of nitrogens with zero attached hydrogens (tertiary/aromatic N) is 1. The van der Waals surface area contributed by atoms with E-state index in [0.717, 1.165) is 0 Å². The first kappa shape index (κ1) is 24.0. The number of carbonyl (C=O) groups is 2. The number of hydrogen-bond acceptors (Lipinski definition) is 6. The molecule has 0 aliphatic heterocycles. The standard InChI is InChI=1S/C23H24ClNO6/c1-14(2)20(22(26)27)25-13-15-6-5-7-18(12-15)31-23(28)21(30-4)19(24)16-8-10-17(29-3)11-9-16/h5-14,20H,1-4H3,(H,26,27)/b21-19+,25-13?. The number of methoxy groups -OCH3 is 2. The maximum absolute atomic E-state index is 12.6. The first-order valence-electron chi connectivity index (χ1n) is 9.43. The van der Waals surface area contributed by atoms with Crippen LogP contribution in [0.15, 0.2) is 59.3 Å².